The fourth-order valence-corrected chi connectivity index (χ4v) is 2.08. The van der Waals surface area contributed by atoms with Gasteiger partial charge >= 0.3 is 0 Å². The Morgan fingerprint density at radius 3 is 2.45 bits per heavy atom. The van der Waals surface area contributed by atoms with Crippen LogP contribution >= 0.6 is 0 Å². The lowest BCUT2D eigenvalue weighted by molar-refractivity contribution is 0.195. The summed E-state index contributed by atoms with van der Waals surface area (Å²) in [5.74, 6) is 0.773. The first-order valence-corrected chi connectivity index (χ1v) is 6.84. The summed E-state index contributed by atoms with van der Waals surface area (Å²) in [5.41, 5.74) is 1.71. The molecule has 0 saturated heterocycles. The van der Waals surface area contributed by atoms with Gasteiger partial charge in [-0.25, -0.2) is 4.39 Å². The smallest absolute Gasteiger partial charge is 0.133 e. The first-order chi connectivity index (χ1) is 9.60. The van der Waals surface area contributed by atoms with Gasteiger partial charge < -0.3 is 9.84 Å². The van der Waals surface area contributed by atoms with Gasteiger partial charge in [0.25, 0.3) is 0 Å². The summed E-state index contributed by atoms with van der Waals surface area (Å²) >= 11 is 0. The average molecular weight is 274 g/mol. The van der Waals surface area contributed by atoms with Gasteiger partial charge in [-0.1, -0.05) is 25.5 Å². The third-order valence-corrected chi connectivity index (χ3v) is 3.11. The number of aryl methyl sites for hydroxylation is 1. The molecule has 0 radical (unpaired) electrons. The first kappa shape index (κ1) is 14.5. The lowest BCUT2D eigenvalue weighted by Crippen LogP contribution is -1.97. The predicted octanol–water partition coefficient (Wildman–Crippen LogP) is 4.62. The van der Waals surface area contributed by atoms with E-state index in [0.717, 1.165) is 12.8 Å². The summed E-state index contributed by atoms with van der Waals surface area (Å²) in [6.07, 6.45) is 1.36. The van der Waals surface area contributed by atoms with Crippen LogP contribution in [0.5, 0.6) is 11.5 Å². The van der Waals surface area contributed by atoms with E-state index in [4.69, 9.17) is 4.74 Å². The normalized spacial score (nSPS) is 12.2. The third-order valence-electron chi connectivity index (χ3n) is 3.11. The molecule has 0 aliphatic rings. The molecule has 20 heavy (non-hydrogen) atoms. The van der Waals surface area contributed by atoms with Crippen LogP contribution in [0.15, 0.2) is 42.5 Å². The average Bonchev–Trinajstić information content (AvgIpc) is 2.43. The molecule has 0 aliphatic heterocycles. The van der Waals surface area contributed by atoms with E-state index in [1.54, 1.807) is 6.92 Å². The molecule has 0 saturated carbocycles. The maximum Gasteiger partial charge on any atom is 0.133 e. The number of aliphatic hydroxyl groups is 1. The molecule has 0 bridgehead atoms. The SMILES string of the molecule is CCCc1ccc(Oc2ccc(F)cc2[C@H](C)O)cc1. The van der Waals surface area contributed by atoms with Crippen LogP contribution in [0.1, 0.15) is 37.5 Å². The second-order valence-corrected chi connectivity index (χ2v) is 4.85. The quantitative estimate of drug-likeness (QED) is 0.861. The summed E-state index contributed by atoms with van der Waals surface area (Å²) < 4.78 is 18.9. The van der Waals surface area contributed by atoms with Crippen LogP contribution in [-0.2, 0) is 6.42 Å². The largest absolute Gasteiger partial charge is 0.457 e. The minimum absolute atomic E-state index is 0.383. The van der Waals surface area contributed by atoms with Crippen LogP contribution in [0.3, 0.4) is 0 Å². The molecule has 2 aromatic rings. The molecule has 0 unspecified atom stereocenters. The summed E-state index contributed by atoms with van der Waals surface area (Å²) in [4.78, 5) is 0. The number of ether oxygens (including phenoxy) is 1. The Balaban J connectivity index is 2.21. The predicted molar refractivity (Wildman–Crippen MR) is 77.5 cm³/mol. The minimum Gasteiger partial charge on any atom is -0.457 e. The van der Waals surface area contributed by atoms with E-state index in [0.29, 0.717) is 17.1 Å². The van der Waals surface area contributed by atoms with Crippen LogP contribution in [0, 0.1) is 5.82 Å². The molecule has 0 spiro atoms. The van der Waals surface area contributed by atoms with E-state index in [2.05, 4.69) is 6.92 Å². The topological polar surface area (TPSA) is 29.5 Å². The molecule has 0 aromatic heterocycles. The molecule has 3 heteroatoms. The monoisotopic (exact) mass is 274 g/mol. The van der Waals surface area contributed by atoms with E-state index in [1.807, 2.05) is 24.3 Å². The Morgan fingerprint density at radius 2 is 1.85 bits per heavy atom. The Kier molecular flexibility index (Phi) is 4.74. The van der Waals surface area contributed by atoms with Gasteiger partial charge in [-0.2, -0.15) is 0 Å². The van der Waals surface area contributed by atoms with Crippen LogP contribution in [0.2, 0.25) is 0 Å². The number of rotatable bonds is 5. The molecule has 1 atom stereocenters. The summed E-state index contributed by atoms with van der Waals surface area (Å²) in [5, 5.41) is 9.67. The van der Waals surface area contributed by atoms with Crippen molar-refractivity contribution in [1.29, 1.82) is 0 Å². The van der Waals surface area contributed by atoms with Gasteiger partial charge in [0, 0.05) is 5.56 Å². The summed E-state index contributed by atoms with van der Waals surface area (Å²) in [6.45, 7) is 3.73. The molecule has 0 fully saturated rings. The molecular weight excluding hydrogens is 255 g/mol. The highest BCUT2D eigenvalue weighted by Gasteiger charge is 2.11. The Hall–Kier alpha value is -1.87. The van der Waals surface area contributed by atoms with Gasteiger partial charge in [0.15, 0.2) is 0 Å². The standard InChI is InChI=1S/C17H19FO2/c1-3-4-13-5-8-15(9-6-13)20-17-10-7-14(18)11-16(17)12(2)19/h5-12,19H,3-4H2,1-2H3/t12-/m0/s1. The second kappa shape index (κ2) is 6.53. The highest BCUT2D eigenvalue weighted by Crippen LogP contribution is 2.30. The van der Waals surface area contributed by atoms with Crippen molar-refractivity contribution in [3.63, 3.8) is 0 Å². The zero-order chi connectivity index (χ0) is 14.5. The molecule has 0 heterocycles. The number of halogens is 1. The van der Waals surface area contributed by atoms with Gasteiger partial charge in [-0.3, -0.25) is 0 Å². The lowest BCUT2D eigenvalue weighted by Gasteiger charge is -2.13. The van der Waals surface area contributed by atoms with Gasteiger partial charge in [0.2, 0.25) is 0 Å². The molecular formula is C17H19FO2. The first-order valence-electron chi connectivity index (χ1n) is 6.84. The van der Waals surface area contributed by atoms with Crippen molar-refractivity contribution < 1.29 is 14.2 Å². The lowest BCUT2D eigenvalue weighted by atomic mass is 10.1. The fraction of sp³-hybridized carbons (Fsp3) is 0.294. The van der Waals surface area contributed by atoms with Crippen molar-refractivity contribution in [3.05, 3.63) is 59.4 Å². The third kappa shape index (κ3) is 3.58. The zero-order valence-electron chi connectivity index (χ0n) is 11.8. The Morgan fingerprint density at radius 1 is 1.15 bits per heavy atom. The molecule has 0 aliphatic carbocycles. The van der Waals surface area contributed by atoms with E-state index in [1.165, 1.54) is 23.8 Å². The van der Waals surface area contributed by atoms with Crippen LogP contribution in [-0.4, -0.2) is 5.11 Å². The highest BCUT2D eigenvalue weighted by atomic mass is 19.1. The van der Waals surface area contributed by atoms with Crippen molar-refractivity contribution in [1.82, 2.24) is 0 Å². The maximum atomic E-state index is 13.2. The number of hydrogen-bond donors (Lipinski definition) is 1. The van der Waals surface area contributed by atoms with E-state index in [9.17, 15) is 9.50 Å². The summed E-state index contributed by atoms with van der Waals surface area (Å²) in [7, 11) is 0. The van der Waals surface area contributed by atoms with Crippen molar-refractivity contribution in [2.45, 2.75) is 32.8 Å². The van der Waals surface area contributed by atoms with E-state index in [-0.39, 0.29) is 5.82 Å². The van der Waals surface area contributed by atoms with Gasteiger partial charge in [0.05, 0.1) is 6.10 Å². The van der Waals surface area contributed by atoms with E-state index >= 15 is 0 Å². The van der Waals surface area contributed by atoms with Crippen molar-refractivity contribution in [2.24, 2.45) is 0 Å². The molecule has 2 rings (SSSR count). The van der Waals surface area contributed by atoms with Crippen LogP contribution in [0.25, 0.3) is 0 Å². The Labute approximate surface area is 118 Å². The van der Waals surface area contributed by atoms with Crippen molar-refractivity contribution >= 4 is 0 Å². The summed E-state index contributed by atoms with van der Waals surface area (Å²) in [6, 6.07) is 12.0. The molecule has 1 N–H and O–H groups in total. The zero-order valence-corrected chi connectivity index (χ0v) is 11.8. The number of benzene rings is 2. The second-order valence-electron chi connectivity index (χ2n) is 4.85. The molecule has 2 aromatic carbocycles. The Bertz CT molecular complexity index is 562. The fourth-order valence-electron chi connectivity index (χ4n) is 2.08. The van der Waals surface area contributed by atoms with Crippen molar-refractivity contribution in [3.8, 4) is 11.5 Å². The van der Waals surface area contributed by atoms with Crippen LogP contribution in [0.4, 0.5) is 4.39 Å². The minimum atomic E-state index is -0.778. The van der Waals surface area contributed by atoms with Gasteiger partial charge in [0.1, 0.15) is 17.3 Å². The number of aliphatic hydroxyl groups excluding tert-OH is 1. The highest BCUT2D eigenvalue weighted by molar-refractivity contribution is 5.40. The maximum absolute atomic E-state index is 13.2. The van der Waals surface area contributed by atoms with Crippen molar-refractivity contribution in [2.75, 3.05) is 0 Å². The molecule has 106 valence electrons. The van der Waals surface area contributed by atoms with Gasteiger partial charge in [-0.05, 0) is 49.2 Å². The number of hydrogen-bond acceptors (Lipinski definition) is 2. The van der Waals surface area contributed by atoms with Crippen LogP contribution < -0.4 is 4.74 Å². The molecule has 2 nitrogen and oxygen atoms in total. The van der Waals surface area contributed by atoms with E-state index < -0.39 is 6.10 Å². The van der Waals surface area contributed by atoms with Gasteiger partial charge in [-0.15, -0.1) is 0 Å². The molecule has 0 amide bonds.